The van der Waals surface area contributed by atoms with Gasteiger partial charge < -0.3 is 24.0 Å². The fraction of sp³-hybridized carbons (Fsp3) is 1.00. The lowest BCUT2D eigenvalue weighted by atomic mass is 10.2. The van der Waals surface area contributed by atoms with Crippen LogP contribution in [0.3, 0.4) is 0 Å². The molecule has 0 unspecified atom stereocenters. The van der Waals surface area contributed by atoms with Crippen molar-refractivity contribution in [2.75, 3.05) is 26.4 Å². The molecule has 0 saturated carbocycles. The second-order valence-corrected chi connectivity index (χ2v) is 6.96. The topological polar surface area (TPSA) is 94.5 Å². The summed E-state index contributed by atoms with van der Waals surface area (Å²) in [6, 6.07) is 0. The summed E-state index contributed by atoms with van der Waals surface area (Å²) in [6.45, 7) is 7.73. The molecule has 0 fully saturated rings. The Labute approximate surface area is 146 Å². The van der Waals surface area contributed by atoms with E-state index in [9.17, 15) is 4.57 Å². The van der Waals surface area contributed by atoms with Gasteiger partial charge in [0.25, 0.3) is 5.97 Å². The van der Waals surface area contributed by atoms with E-state index >= 15 is 0 Å². The Morgan fingerprint density at radius 1 is 0.750 bits per heavy atom. The van der Waals surface area contributed by atoms with Crippen LogP contribution in [0.2, 0.25) is 0 Å². The predicted molar refractivity (Wildman–Crippen MR) is 92.5 cm³/mol. The predicted octanol–water partition coefficient (Wildman–Crippen LogP) is 3.98. The van der Waals surface area contributed by atoms with Gasteiger partial charge in [0.2, 0.25) is 0 Å². The van der Waals surface area contributed by atoms with Crippen LogP contribution < -0.4 is 0 Å². The maximum Gasteiger partial charge on any atom is 0.469 e. The Bertz CT molecular complexity index is 306. The Morgan fingerprint density at radius 2 is 1.17 bits per heavy atom. The van der Waals surface area contributed by atoms with Crippen LogP contribution in [0.25, 0.3) is 0 Å². The molecule has 0 amide bonds. The Kier molecular flexibility index (Phi) is 14.2. The first-order chi connectivity index (χ1) is 11.4. The van der Waals surface area contributed by atoms with E-state index in [4.69, 9.17) is 24.0 Å². The molecule has 0 radical (unpaired) electrons. The first-order valence-electron chi connectivity index (χ1n) is 9.01. The van der Waals surface area contributed by atoms with Gasteiger partial charge in [0.15, 0.2) is 0 Å². The highest BCUT2D eigenvalue weighted by molar-refractivity contribution is 7.46. The SMILES string of the molecule is CCCCOC(CCCOP(=O)(O)O)(OCCCC)OCCCC. The average Bonchev–Trinajstić information content (AvgIpc) is 2.51. The third kappa shape index (κ3) is 13.3. The lowest BCUT2D eigenvalue weighted by Crippen LogP contribution is -2.40. The highest BCUT2D eigenvalue weighted by Crippen LogP contribution is 2.36. The standard InChI is InChI=1S/C16H35O7P/c1-4-7-12-20-16(21-13-8-5-2,22-14-9-6-3)11-10-15-23-24(17,18)19/h4-15H2,1-3H3,(H2,17,18,19). The molecular weight excluding hydrogens is 335 g/mol. The van der Waals surface area contributed by atoms with Crippen molar-refractivity contribution in [1.29, 1.82) is 0 Å². The van der Waals surface area contributed by atoms with E-state index in [0.29, 0.717) is 32.7 Å². The van der Waals surface area contributed by atoms with Crippen LogP contribution in [0, 0.1) is 0 Å². The zero-order valence-electron chi connectivity index (χ0n) is 15.4. The van der Waals surface area contributed by atoms with Gasteiger partial charge in [-0.3, -0.25) is 4.52 Å². The van der Waals surface area contributed by atoms with Crippen molar-refractivity contribution in [2.24, 2.45) is 0 Å². The lowest BCUT2D eigenvalue weighted by Gasteiger charge is -2.33. The van der Waals surface area contributed by atoms with Gasteiger partial charge in [-0.1, -0.05) is 40.0 Å². The summed E-state index contributed by atoms with van der Waals surface area (Å²) in [4.78, 5) is 17.5. The first kappa shape index (κ1) is 24.0. The van der Waals surface area contributed by atoms with E-state index in [1.165, 1.54) is 0 Å². The molecule has 0 aliphatic rings. The van der Waals surface area contributed by atoms with Crippen LogP contribution in [0.5, 0.6) is 0 Å². The van der Waals surface area contributed by atoms with Crippen LogP contribution in [0.4, 0.5) is 0 Å². The fourth-order valence-corrected chi connectivity index (χ4v) is 2.30. The molecule has 24 heavy (non-hydrogen) atoms. The highest BCUT2D eigenvalue weighted by Gasteiger charge is 2.33. The van der Waals surface area contributed by atoms with Crippen molar-refractivity contribution in [3.05, 3.63) is 0 Å². The van der Waals surface area contributed by atoms with E-state index in [2.05, 4.69) is 25.3 Å². The fourth-order valence-electron chi connectivity index (χ4n) is 1.93. The monoisotopic (exact) mass is 370 g/mol. The number of phosphoric ester groups is 1. The van der Waals surface area contributed by atoms with Crippen LogP contribution in [0.1, 0.15) is 72.1 Å². The molecule has 146 valence electrons. The minimum Gasteiger partial charge on any atom is -0.327 e. The quantitative estimate of drug-likeness (QED) is 0.227. The summed E-state index contributed by atoms with van der Waals surface area (Å²) < 4.78 is 33.0. The molecular formula is C16H35O7P. The van der Waals surface area contributed by atoms with Gasteiger partial charge >= 0.3 is 7.82 Å². The van der Waals surface area contributed by atoms with E-state index in [1.807, 2.05) is 0 Å². The smallest absolute Gasteiger partial charge is 0.327 e. The maximum absolute atomic E-state index is 10.8. The molecule has 0 spiro atoms. The second kappa shape index (κ2) is 14.2. The minimum atomic E-state index is -4.45. The lowest BCUT2D eigenvalue weighted by molar-refractivity contribution is -0.384. The van der Waals surface area contributed by atoms with Crippen LogP contribution in [0.15, 0.2) is 0 Å². The molecule has 0 aromatic rings. The van der Waals surface area contributed by atoms with Gasteiger partial charge in [-0.05, 0) is 25.7 Å². The molecule has 0 atom stereocenters. The van der Waals surface area contributed by atoms with Crippen molar-refractivity contribution in [3.8, 4) is 0 Å². The molecule has 2 N–H and O–H groups in total. The highest BCUT2D eigenvalue weighted by atomic mass is 31.2. The maximum atomic E-state index is 10.8. The number of rotatable bonds is 17. The third-order valence-corrected chi connectivity index (χ3v) is 3.87. The zero-order chi connectivity index (χ0) is 18.3. The molecule has 8 heteroatoms. The number of hydrogen-bond donors (Lipinski definition) is 2. The molecule has 0 heterocycles. The molecule has 0 aromatic heterocycles. The zero-order valence-corrected chi connectivity index (χ0v) is 16.3. The Morgan fingerprint density at radius 3 is 1.50 bits per heavy atom. The van der Waals surface area contributed by atoms with Crippen molar-refractivity contribution in [1.82, 2.24) is 0 Å². The molecule has 0 bridgehead atoms. The summed E-state index contributed by atoms with van der Waals surface area (Å²) in [6.07, 6.45) is 6.43. The number of ether oxygens (including phenoxy) is 3. The average molecular weight is 370 g/mol. The van der Waals surface area contributed by atoms with Crippen LogP contribution >= 0.6 is 7.82 Å². The van der Waals surface area contributed by atoms with Gasteiger partial charge in [0.1, 0.15) is 0 Å². The summed E-state index contributed by atoms with van der Waals surface area (Å²) in [5, 5.41) is 0. The molecule has 0 aromatic carbocycles. The Hall–Kier alpha value is -0.0100. The third-order valence-electron chi connectivity index (χ3n) is 3.35. The van der Waals surface area contributed by atoms with Gasteiger partial charge in [0.05, 0.1) is 26.4 Å². The minimum absolute atomic E-state index is 0.0720. The van der Waals surface area contributed by atoms with Crippen LogP contribution in [-0.4, -0.2) is 42.2 Å². The summed E-state index contributed by atoms with van der Waals surface area (Å²) in [5.74, 6) is -1.15. The normalized spacial score (nSPS) is 12.7. The van der Waals surface area contributed by atoms with E-state index < -0.39 is 13.8 Å². The molecule has 0 saturated heterocycles. The second-order valence-electron chi connectivity index (χ2n) is 5.72. The number of phosphoric acid groups is 1. The summed E-state index contributed by atoms with van der Waals surface area (Å²) in [5.41, 5.74) is 0. The van der Waals surface area contributed by atoms with Crippen molar-refractivity contribution in [3.63, 3.8) is 0 Å². The molecule has 0 rings (SSSR count). The van der Waals surface area contributed by atoms with E-state index in [1.54, 1.807) is 0 Å². The van der Waals surface area contributed by atoms with E-state index in [0.717, 1.165) is 38.5 Å². The van der Waals surface area contributed by atoms with E-state index in [-0.39, 0.29) is 6.61 Å². The number of unbranched alkanes of at least 4 members (excludes halogenated alkanes) is 3. The van der Waals surface area contributed by atoms with Gasteiger partial charge in [-0.2, -0.15) is 0 Å². The van der Waals surface area contributed by atoms with Crippen molar-refractivity contribution >= 4 is 7.82 Å². The van der Waals surface area contributed by atoms with Gasteiger partial charge in [-0.15, -0.1) is 0 Å². The number of hydrogen-bond acceptors (Lipinski definition) is 5. The largest absolute Gasteiger partial charge is 0.469 e. The van der Waals surface area contributed by atoms with Gasteiger partial charge in [-0.25, -0.2) is 4.57 Å². The molecule has 7 nitrogen and oxygen atoms in total. The van der Waals surface area contributed by atoms with Crippen LogP contribution in [-0.2, 0) is 23.3 Å². The van der Waals surface area contributed by atoms with Crippen molar-refractivity contribution in [2.45, 2.75) is 78.1 Å². The Balaban J connectivity index is 4.68. The molecule has 0 aliphatic carbocycles. The van der Waals surface area contributed by atoms with Gasteiger partial charge in [0, 0.05) is 6.42 Å². The summed E-state index contributed by atoms with van der Waals surface area (Å²) in [7, 11) is -4.45. The summed E-state index contributed by atoms with van der Waals surface area (Å²) >= 11 is 0. The molecule has 0 aliphatic heterocycles. The first-order valence-corrected chi connectivity index (χ1v) is 10.5. The van der Waals surface area contributed by atoms with Crippen molar-refractivity contribution < 1.29 is 33.1 Å².